The van der Waals surface area contributed by atoms with Crippen LogP contribution in [0, 0.1) is 5.92 Å². The predicted molar refractivity (Wildman–Crippen MR) is 109 cm³/mol. The van der Waals surface area contributed by atoms with Crippen LogP contribution in [0.15, 0.2) is 4.99 Å². The number of aliphatic imine (C=N–C) groups is 1. The number of rotatable bonds is 9. The molecule has 0 aromatic rings. The Labute approximate surface area is 165 Å². The predicted octanol–water partition coefficient (Wildman–Crippen LogP) is 1.44. The van der Waals surface area contributed by atoms with E-state index < -0.39 is 0 Å². The maximum Gasteiger partial charge on any atom is 0.193 e. The van der Waals surface area contributed by atoms with Gasteiger partial charge in [0.1, 0.15) is 0 Å². The van der Waals surface area contributed by atoms with Gasteiger partial charge in [-0.1, -0.05) is 13.8 Å². The van der Waals surface area contributed by atoms with E-state index in [1.54, 1.807) is 7.11 Å². The third-order valence-electron chi connectivity index (χ3n) is 5.55. The number of morpholine rings is 1. The van der Waals surface area contributed by atoms with E-state index in [0.717, 1.165) is 84.4 Å². The Morgan fingerprint density at radius 1 is 1.15 bits per heavy atom. The molecule has 0 amide bonds. The van der Waals surface area contributed by atoms with Gasteiger partial charge in [-0.15, -0.1) is 0 Å². The molecule has 0 spiro atoms. The molecule has 158 valence electrons. The minimum absolute atomic E-state index is 0.368. The fraction of sp³-hybridized carbons (Fsp3) is 0.950. The summed E-state index contributed by atoms with van der Waals surface area (Å²) in [4.78, 5) is 9.45. The summed E-state index contributed by atoms with van der Waals surface area (Å²) in [6, 6.07) is 0.507. The number of nitrogens with zero attached hydrogens (tertiary/aromatic N) is 3. The lowest BCUT2D eigenvalue weighted by Crippen LogP contribution is -2.54. The van der Waals surface area contributed by atoms with Crippen LogP contribution in [0.1, 0.15) is 33.1 Å². The summed E-state index contributed by atoms with van der Waals surface area (Å²) < 4.78 is 16.6. The SMILES string of the molecule is CN=C(NCC(C(C)C)N1CCOCC1)N1CCC(OCCCOC)CC1. The van der Waals surface area contributed by atoms with Crippen LogP contribution < -0.4 is 5.32 Å². The van der Waals surface area contributed by atoms with Gasteiger partial charge in [-0.2, -0.15) is 0 Å². The summed E-state index contributed by atoms with van der Waals surface area (Å²) in [6.07, 6.45) is 3.46. The van der Waals surface area contributed by atoms with Crippen molar-refractivity contribution in [2.75, 3.05) is 73.3 Å². The molecule has 7 heteroatoms. The van der Waals surface area contributed by atoms with Crippen LogP contribution >= 0.6 is 0 Å². The second kappa shape index (κ2) is 12.5. The Morgan fingerprint density at radius 2 is 1.85 bits per heavy atom. The van der Waals surface area contributed by atoms with Crippen molar-refractivity contribution in [1.82, 2.24) is 15.1 Å². The van der Waals surface area contributed by atoms with Crippen LogP contribution in [0.25, 0.3) is 0 Å². The van der Waals surface area contributed by atoms with E-state index in [-0.39, 0.29) is 0 Å². The summed E-state index contributed by atoms with van der Waals surface area (Å²) in [6.45, 7) is 12.8. The molecule has 27 heavy (non-hydrogen) atoms. The van der Waals surface area contributed by atoms with Gasteiger partial charge in [0, 0.05) is 66.1 Å². The van der Waals surface area contributed by atoms with Gasteiger partial charge < -0.3 is 24.4 Å². The molecule has 1 unspecified atom stereocenters. The van der Waals surface area contributed by atoms with Gasteiger partial charge in [-0.05, 0) is 25.2 Å². The zero-order valence-corrected chi connectivity index (χ0v) is 17.8. The Balaban J connectivity index is 1.74. The second-order valence-corrected chi connectivity index (χ2v) is 7.79. The molecule has 1 N–H and O–H groups in total. The van der Waals surface area contributed by atoms with Crippen LogP contribution in [0.3, 0.4) is 0 Å². The van der Waals surface area contributed by atoms with Crippen LogP contribution in [0.5, 0.6) is 0 Å². The normalized spacial score (nSPS) is 21.7. The highest BCUT2D eigenvalue weighted by molar-refractivity contribution is 5.80. The van der Waals surface area contributed by atoms with Gasteiger partial charge in [-0.3, -0.25) is 9.89 Å². The van der Waals surface area contributed by atoms with Crippen LogP contribution in [0.2, 0.25) is 0 Å². The molecule has 2 heterocycles. The first-order valence-electron chi connectivity index (χ1n) is 10.5. The summed E-state index contributed by atoms with van der Waals surface area (Å²) >= 11 is 0. The zero-order chi connectivity index (χ0) is 19.5. The molecular formula is C20H40N4O3. The maximum atomic E-state index is 5.97. The molecule has 0 aromatic carbocycles. The third-order valence-corrected chi connectivity index (χ3v) is 5.55. The molecule has 2 saturated heterocycles. The largest absolute Gasteiger partial charge is 0.385 e. The van der Waals surface area contributed by atoms with Crippen molar-refractivity contribution in [3.8, 4) is 0 Å². The van der Waals surface area contributed by atoms with Crippen molar-refractivity contribution in [3.63, 3.8) is 0 Å². The lowest BCUT2D eigenvalue weighted by Gasteiger charge is -2.39. The number of hydrogen-bond donors (Lipinski definition) is 1. The summed E-state index contributed by atoms with van der Waals surface area (Å²) in [5.41, 5.74) is 0. The average Bonchev–Trinajstić information content (AvgIpc) is 2.70. The van der Waals surface area contributed by atoms with Gasteiger partial charge in [-0.25, -0.2) is 0 Å². The van der Waals surface area contributed by atoms with Crippen molar-refractivity contribution in [1.29, 1.82) is 0 Å². The van der Waals surface area contributed by atoms with Gasteiger partial charge >= 0.3 is 0 Å². The van der Waals surface area contributed by atoms with Gasteiger partial charge in [0.2, 0.25) is 0 Å². The molecule has 0 saturated carbocycles. The van der Waals surface area contributed by atoms with E-state index in [1.165, 1.54) is 0 Å². The number of ether oxygens (including phenoxy) is 3. The summed E-state index contributed by atoms with van der Waals surface area (Å²) in [7, 11) is 3.62. The number of hydrogen-bond acceptors (Lipinski definition) is 5. The smallest absolute Gasteiger partial charge is 0.193 e. The summed E-state index contributed by atoms with van der Waals surface area (Å²) in [5.74, 6) is 1.62. The molecule has 2 rings (SSSR count). The fourth-order valence-electron chi connectivity index (χ4n) is 3.91. The topological polar surface area (TPSA) is 58.6 Å². The molecule has 0 bridgehead atoms. The van der Waals surface area contributed by atoms with Crippen LogP contribution in [-0.4, -0.2) is 101 Å². The van der Waals surface area contributed by atoms with Crippen molar-refractivity contribution in [2.24, 2.45) is 10.9 Å². The number of methoxy groups -OCH3 is 1. The molecule has 0 aliphatic carbocycles. The fourth-order valence-corrected chi connectivity index (χ4v) is 3.91. The molecule has 7 nitrogen and oxygen atoms in total. The first-order chi connectivity index (χ1) is 13.2. The quantitative estimate of drug-likeness (QED) is 0.369. The van der Waals surface area contributed by atoms with Crippen LogP contribution in [0.4, 0.5) is 0 Å². The minimum atomic E-state index is 0.368. The first-order valence-corrected chi connectivity index (χ1v) is 10.5. The molecule has 1 atom stereocenters. The van der Waals surface area contributed by atoms with Crippen molar-refractivity contribution >= 4 is 5.96 Å². The highest BCUT2D eigenvalue weighted by Gasteiger charge is 2.26. The second-order valence-electron chi connectivity index (χ2n) is 7.79. The lowest BCUT2D eigenvalue weighted by atomic mass is 10.0. The monoisotopic (exact) mass is 384 g/mol. The molecule has 0 radical (unpaired) electrons. The Morgan fingerprint density at radius 3 is 2.44 bits per heavy atom. The molecule has 2 aliphatic heterocycles. The molecule has 2 fully saturated rings. The van der Waals surface area contributed by atoms with Crippen molar-refractivity contribution in [2.45, 2.75) is 45.3 Å². The lowest BCUT2D eigenvalue weighted by molar-refractivity contribution is 0.00599. The number of guanidine groups is 1. The number of piperidine rings is 1. The van der Waals surface area contributed by atoms with E-state index in [0.29, 0.717) is 18.1 Å². The Bertz CT molecular complexity index is 419. The van der Waals surface area contributed by atoms with Crippen molar-refractivity contribution < 1.29 is 14.2 Å². The number of likely N-dealkylation sites (tertiary alicyclic amines) is 1. The molecule has 2 aliphatic rings. The average molecular weight is 385 g/mol. The minimum Gasteiger partial charge on any atom is -0.385 e. The van der Waals surface area contributed by atoms with E-state index in [2.05, 4.69) is 34.0 Å². The molecule has 0 aromatic heterocycles. The maximum absolute atomic E-state index is 5.97. The summed E-state index contributed by atoms with van der Waals surface area (Å²) in [5, 5.41) is 3.63. The molecular weight excluding hydrogens is 344 g/mol. The van der Waals surface area contributed by atoms with E-state index >= 15 is 0 Å². The third kappa shape index (κ3) is 7.56. The van der Waals surface area contributed by atoms with E-state index in [9.17, 15) is 0 Å². The number of nitrogens with one attached hydrogen (secondary N) is 1. The van der Waals surface area contributed by atoms with Crippen LogP contribution in [-0.2, 0) is 14.2 Å². The first kappa shape index (κ1) is 22.4. The van der Waals surface area contributed by atoms with Gasteiger partial charge in [0.05, 0.1) is 19.3 Å². The Hall–Kier alpha value is -0.890. The van der Waals surface area contributed by atoms with E-state index in [4.69, 9.17) is 14.2 Å². The van der Waals surface area contributed by atoms with Gasteiger partial charge in [0.25, 0.3) is 0 Å². The highest BCUT2D eigenvalue weighted by Crippen LogP contribution is 2.15. The Kier molecular flexibility index (Phi) is 10.4. The van der Waals surface area contributed by atoms with E-state index in [1.807, 2.05) is 7.05 Å². The highest BCUT2D eigenvalue weighted by atomic mass is 16.5. The van der Waals surface area contributed by atoms with Crippen molar-refractivity contribution in [3.05, 3.63) is 0 Å². The standard InChI is InChI=1S/C20H40N4O3/c1-17(2)19(23-10-14-26-15-11-23)16-22-20(21-3)24-8-6-18(7-9-24)27-13-5-12-25-4/h17-19H,5-16H2,1-4H3,(H,21,22). The van der Waals surface area contributed by atoms with Gasteiger partial charge in [0.15, 0.2) is 5.96 Å². The zero-order valence-electron chi connectivity index (χ0n) is 17.8.